The van der Waals surface area contributed by atoms with Crippen LogP contribution in [0.3, 0.4) is 0 Å². The molecule has 0 aliphatic rings. The molecule has 0 bridgehead atoms. The van der Waals surface area contributed by atoms with Crippen molar-refractivity contribution in [2.24, 2.45) is 0 Å². The maximum Gasteiger partial charge on any atom is 0.339 e. The van der Waals surface area contributed by atoms with E-state index >= 15 is 0 Å². The summed E-state index contributed by atoms with van der Waals surface area (Å²) >= 11 is 5.78. The van der Waals surface area contributed by atoms with E-state index < -0.39 is 11.9 Å². The third-order valence-electron chi connectivity index (χ3n) is 2.68. The lowest BCUT2D eigenvalue weighted by Gasteiger charge is -2.07. The Morgan fingerprint density at radius 2 is 1.65 bits per heavy atom. The Balaban J connectivity index is 2.57. The maximum atomic E-state index is 11.0. The van der Waals surface area contributed by atoms with Crippen LogP contribution < -0.4 is 5.73 Å². The number of rotatable bonds is 3. The van der Waals surface area contributed by atoms with Crippen molar-refractivity contribution in [1.82, 2.24) is 4.98 Å². The van der Waals surface area contributed by atoms with Crippen LogP contribution in [0, 0.1) is 0 Å². The second-order valence-corrected chi connectivity index (χ2v) is 4.37. The van der Waals surface area contributed by atoms with Gasteiger partial charge in [-0.05, 0) is 23.8 Å². The lowest BCUT2D eigenvalue weighted by Crippen LogP contribution is -2.05. The molecular weight excluding hydrogens is 284 g/mol. The lowest BCUT2D eigenvalue weighted by atomic mass is 10.0. The van der Waals surface area contributed by atoms with Crippen molar-refractivity contribution >= 4 is 29.4 Å². The van der Waals surface area contributed by atoms with Crippen LogP contribution in [0.4, 0.5) is 5.82 Å². The fourth-order valence-electron chi connectivity index (χ4n) is 1.67. The highest BCUT2D eigenvalue weighted by atomic mass is 35.5. The molecule has 102 valence electrons. The van der Waals surface area contributed by atoms with Crippen molar-refractivity contribution in [3.63, 3.8) is 0 Å². The highest BCUT2D eigenvalue weighted by molar-refractivity contribution is 6.33. The highest BCUT2D eigenvalue weighted by Crippen LogP contribution is 2.26. The molecule has 0 spiro atoms. The summed E-state index contributed by atoms with van der Waals surface area (Å²) in [4.78, 5) is 25.8. The topological polar surface area (TPSA) is 114 Å². The van der Waals surface area contributed by atoms with E-state index in [4.69, 9.17) is 27.5 Å². The van der Waals surface area contributed by atoms with Gasteiger partial charge in [0.15, 0.2) is 0 Å². The van der Waals surface area contributed by atoms with E-state index in [2.05, 4.69) is 4.98 Å². The molecule has 0 atom stereocenters. The van der Waals surface area contributed by atoms with Crippen molar-refractivity contribution in [1.29, 1.82) is 0 Å². The van der Waals surface area contributed by atoms with E-state index in [1.165, 1.54) is 24.4 Å². The van der Waals surface area contributed by atoms with Gasteiger partial charge < -0.3 is 15.9 Å². The molecule has 1 aromatic carbocycles. The smallest absolute Gasteiger partial charge is 0.339 e. The van der Waals surface area contributed by atoms with Gasteiger partial charge in [-0.2, -0.15) is 0 Å². The van der Waals surface area contributed by atoms with Gasteiger partial charge in [-0.3, -0.25) is 0 Å². The lowest BCUT2D eigenvalue weighted by molar-refractivity contribution is 0.0686. The monoisotopic (exact) mass is 292 g/mol. The number of aromatic carboxylic acids is 2. The van der Waals surface area contributed by atoms with Gasteiger partial charge in [-0.15, -0.1) is 0 Å². The number of carbonyl (C=O) groups is 2. The molecule has 7 heteroatoms. The summed E-state index contributed by atoms with van der Waals surface area (Å²) in [5.74, 6) is -2.48. The molecule has 2 aromatic rings. The van der Waals surface area contributed by atoms with Gasteiger partial charge in [-0.1, -0.05) is 17.7 Å². The molecule has 1 aromatic heterocycles. The Labute approximate surface area is 118 Å². The first kappa shape index (κ1) is 13.8. The summed E-state index contributed by atoms with van der Waals surface area (Å²) in [6.07, 6.45) is 1.37. The number of halogens is 1. The predicted molar refractivity (Wildman–Crippen MR) is 73.0 cm³/mol. The Morgan fingerprint density at radius 1 is 1.05 bits per heavy atom. The van der Waals surface area contributed by atoms with Gasteiger partial charge in [0.25, 0.3) is 0 Å². The molecule has 0 saturated heterocycles. The molecule has 0 radical (unpaired) electrons. The Kier molecular flexibility index (Phi) is 3.58. The van der Waals surface area contributed by atoms with Crippen molar-refractivity contribution in [3.05, 3.63) is 46.6 Å². The zero-order chi connectivity index (χ0) is 14.9. The van der Waals surface area contributed by atoms with Gasteiger partial charge in [0, 0.05) is 11.8 Å². The minimum absolute atomic E-state index is 0.0714. The number of anilines is 1. The number of hydrogen-bond acceptors (Lipinski definition) is 4. The summed E-state index contributed by atoms with van der Waals surface area (Å²) in [6.45, 7) is 0. The molecule has 20 heavy (non-hydrogen) atoms. The summed E-state index contributed by atoms with van der Waals surface area (Å²) in [5, 5.41) is 18.1. The van der Waals surface area contributed by atoms with E-state index in [9.17, 15) is 9.59 Å². The average molecular weight is 293 g/mol. The van der Waals surface area contributed by atoms with Crippen LogP contribution in [-0.4, -0.2) is 27.1 Å². The first-order valence-electron chi connectivity index (χ1n) is 5.42. The minimum Gasteiger partial charge on any atom is -0.478 e. The van der Waals surface area contributed by atoms with Crippen LogP contribution in [0.1, 0.15) is 20.7 Å². The first-order chi connectivity index (χ1) is 9.40. The summed E-state index contributed by atoms with van der Waals surface area (Å²) in [5.41, 5.74) is 6.18. The standard InChI is InChI=1S/C13H9ClN2O4/c14-10-2-1-6(3-8(10)12(17)18)7-4-9(13(19)20)11(15)16-5-7/h1-5H,(H2,15,16)(H,17,18)(H,19,20). The molecule has 0 unspecified atom stereocenters. The van der Waals surface area contributed by atoms with Crippen LogP contribution in [0.15, 0.2) is 30.5 Å². The zero-order valence-corrected chi connectivity index (χ0v) is 10.8. The van der Waals surface area contributed by atoms with Gasteiger partial charge in [0.1, 0.15) is 11.4 Å². The van der Waals surface area contributed by atoms with E-state index in [0.717, 1.165) is 0 Å². The summed E-state index contributed by atoms with van der Waals surface area (Å²) in [7, 11) is 0. The number of pyridine rings is 1. The second kappa shape index (κ2) is 5.18. The zero-order valence-electron chi connectivity index (χ0n) is 10.0. The number of aromatic nitrogens is 1. The number of carboxylic acid groups (broad SMARTS) is 2. The molecule has 0 aliphatic heterocycles. The molecule has 0 fully saturated rings. The Hall–Kier alpha value is -2.60. The number of nitrogens with zero attached hydrogens (tertiary/aromatic N) is 1. The average Bonchev–Trinajstić information content (AvgIpc) is 2.39. The first-order valence-corrected chi connectivity index (χ1v) is 5.80. The van der Waals surface area contributed by atoms with Crippen molar-refractivity contribution in [2.75, 3.05) is 5.73 Å². The highest BCUT2D eigenvalue weighted by Gasteiger charge is 2.14. The van der Waals surface area contributed by atoms with Crippen LogP contribution in [0.5, 0.6) is 0 Å². The quantitative estimate of drug-likeness (QED) is 0.800. The van der Waals surface area contributed by atoms with Crippen LogP contribution in [0.2, 0.25) is 5.02 Å². The largest absolute Gasteiger partial charge is 0.478 e. The van der Waals surface area contributed by atoms with Gasteiger partial charge in [-0.25, -0.2) is 14.6 Å². The molecule has 0 saturated carbocycles. The molecule has 1 heterocycles. The fourth-order valence-corrected chi connectivity index (χ4v) is 1.87. The molecular formula is C13H9ClN2O4. The number of hydrogen-bond donors (Lipinski definition) is 3. The number of carboxylic acids is 2. The summed E-state index contributed by atoms with van der Waals surface area (Å²) < 4.78 is 0. The SMILES string of the molecule is Nc1ncc(-c2ccc(Cl)c(C(=O)O)c2)cc1C(=O)O. The van der Waals surface area contributed by atoms with E-state index in [1.54, 1.807) is 6.07 Å². The molecule has 4 N–H and O–H groups in total. The summed E-state index contributed by atoms with van der Waals surface area (Å²) in [6, 6.07) is 5.69. The predicted octanol–water partition coefficient (Wildman–Crippen LogP) is 2.38. The van der Waals surface area contributed by atoms with Gasteiger partial charge in [0.05, 0.1) is 10.6 Å². The Bertz CT molecular complexity index is 654. The second-order valence-electron chi connectivity index (χ2n) is 3.96. The third kappa shape index (κ3) is 2.55. The van der Waals surface area contributed by atoms with E-state index in [-0.39, 0.29) is 22.0 Å². The van der Waals surface area contributed by atoms with E-state index in [1.807, 2.05) is 0 Å². The van der Waals surface area contributed by atoms with Crippen LogP contribution in [-0.2, 0) is 0 Å². The number of nitrogen functional groups attached to an aromatic ring is 1. The van der Waals surface area contributed by atoms with Crippen molar-refractivity contribution in [2.45, 2.75) is 0 Å². The molecule has 6 nitrogen and oxygen atoms in total. The molecule has 0 amide bonds. The third-order valence-corrected chi connectivity index (χ3v) is 3.01. The van der Waals surface area contributed by atoms with E-state index in [0.29, 0.717) is 11.1 Å². The maximum absolute atomic E-state index is 11.0. The molecule has 0 aliphatic carbocycles. The molecule has 2 rings (SSSR count). The number of nitrogens with two attached hydrogens (primary N) is 1. The van der Waals surface area contributed by atoms with Gasteiger partial charge in [0.2, 0.25) is 0 Å². The van der Waals surface area contributed by atoms with Gasteiger partial charge >= 0.3 is 11.9 Å². The van der Waals surface area contributed by atoms with Crippen LogP contribution in [0.25, 0.3) is 11.1 Å². The minimum atomic E-state index is -1.20. The Morgan fingerprint density at radius 3 is 2.25 bits per heavy atom. The fraction of sp³-hybridized carbons (Fsp3) is 0. The normalized spacial score (nSPS) is 10.2. The van der Waals surface area contributed by atoms with Crippen molar-refractivity contribution < 1.29 is 19.8 Å². The number of benzene rings is 1. The van der Waals surface area contributed by atoms with Crippen molar-refractivity contribution in [3.8, 4) is 11.1 Å². The van der Waals surface area contributed by atoms with Crippen LogP contribution >= 0.6 is 11.6 Å².